The molecule has 0 aromatic heterocycles. The van der Waals surface area contributed by atoms with Crippen LogP contribution in [0.4, 0.5) is 5.69 Å². The van der Waals surface area contributed by atoms with Gasteiger partial charge in [-0.05, 0) is 63.1 Å². The molecule has 0 radical (unpaired) electrons. The number of benzene rings is 1. The molecule has 1 N–H and O–H groups in total. The van der Waals surface area contributed by atoms with Crippen molar-refractivity contribution in [3.63, 3.8) is 0 Å². The Balaban J connectivity index is 1.74. The molecule has 0 saturated carbocycles. The van der Waals surface area contributed by atoms with Crippen molar-refractivity contribution in [2.75, 3.05) is 37.7 Å². The van der Waals surface area contributed by atoms with E-state index in [0.717, 1.165) is 61.8 Å². The molecule has 3 aliphatic heterocycles. The van der Waals surface area contributed by atoms with Crippen LogP contribution >= 0.6 is 11.8 Å². The Kier molecular flexibility index (Phi) is 10.4. The average molecular weight is 582 g/mol. The molecule has 3 fully saturated rings. The molecular weight excluding hydrogens is 534 g/mol. The third-order valence-electron chi connectivity index (χ3n) is 9.01. The predicted octanol–water partition coefficient (Wildman–Crippen LogP) is 4.89. The van der Waals surface area contributed by atoms with Crippen molar-refractivity contribution in [3.05, 3.63) is 54.6 Å². The standard InChI is InChI=1S/C33H47N3O4S/c1-6-17-34(18-7-2)30(38)27-26-15-16-33(41-26)28(27)31(39)36(20-11-9-10-12-21-37)29(33)32(40)35(19-8-3)25-22-23(4)13-14-24(25)5/h6,8,13-14,22,26-29,37H,1,3,7,9-12,15-21H2,2,4-5H3/t26-,27+,28-,29?,33?/m0/s1. The molecule has 3 aliphatic rings. The maximum atomic E-state index is 14.8. The fourth-order valence-electron chi connectivity index (χ4n) is 7.22. The second-order valence-corrected chi connectivity index (χ2v) is 13.4. The number of carbonyl (C=O) groups excluding carboxylic acids is 3. The number of hydrogen-bond donors (Lipinski definition) is 1. The van der Waals surface area contributed by atoms with Crippen molar-refractivity contribution >= 4 is 35.2 Å². The fraction of sp³-hybridized carbons (Fsp3) is 0.606. The summed E-state index contributed by atoms with van der Waals surface area (Å²) in [7, 11) is 0. The van der Waals surface area contributed by atoms with E-state index in [9.17, 15) is 19.5 Å². The zero-order valence-corrected chi connectivity index (χ0v) is 25.8. The highest BCUT2D eigenvalue weighted by molar-refractivity contribution is 8.02. The molecule has 1 aromatic rings. The molecule has 41 heavy (non-hydrogen) atoms. The van der Waals surface area contributed by atoms with E-state index in [-0.39, 0.29) is 29.6 Å². The Hall–Kier alpha value is -2.58. The lowest BCUT2D eigenvalue weighted by atomic mass is 9.70. The predicted molar refractivity (Wildman–Crippen MR) is 167 cm³/mol. The van der Waals surface area contributed by atoms with Crippen molar-refractivity contribution in [2.24, 2.45) is 11.8 Å². The van der Waals surface area contributed by atoms with Gasteiger partial charge in [-0.15, -0.1) is 24.9 Å². The van der Waals surface area contributed by atoms with Crippen molar-refractivity contribution in [1.82, 2.24) is 9.80 Å². The number of hydrogen-bond acceptors (Lipinski definition) is 5. The maximum Gasteiger partial charge on any atom is 0.251 e. The number of aliphatic hydroxyl groups is 1. The summed E-state index contributed by atoms with van der Waals surface area (Å²) < 4.78 is -0.618. The molecule has 1 aromatic carbocycles. The first-order valence-electron chi connectivity index (χ1n) is 15.2. The van der Waals surface area contributed by atoms with Gasteiger partial charge in [-0.3, -0.25) is 14.4 Å². The van der Waals surface area contributed by atoms with Crippen LogP contribution in [-0.2, 0) is 14.4 Å². The normalized spacial score (nSPS) is 26.2. The van der Waals surface area contributed by atoms with Gasteiger partial charge in [0.05, 0.1) is 16.6 Å². The van der Waals surface area contributed by atoms with E-state index in [1.54, 1.807) is 28.8 Å². The van der Waals surface area contributed by atoms with Crippen LogP contribution in [0.25, 0.3) is 0 Å². The highest BCUT2D eigenvalue weighted by Gasteiger charge is 2.74. The number of likely N-dealkylation sites (tertiary alicyclic amines) is 1. The molecule has 7 nitrogen and oxygen atoms in total. The fourth-order valence-corrected chi connectivity index (χ4v) is 9.43. The van der Waals surface area contributed by atoms with Gasteiger partial charge in [0.1, 0.15) is 6.04 Å². The van der Waals surface area contributed by atoms with Gasteiger partial charge in [0.15, 0.2) is 0 Å². The first-order valence-corrected chi connectivity index (χ1v) is 16.1. The molecule has 4 rings (SSSR count). The summed E-state index contributed by atoms with van der Waals surface area (Å²) in [6.07, 6.45) is 9.15. The zero-order chi connectivity index (χ0) is 29.7. The Morgan fingerprint density at radius 2 is 1.85 bits per heavy atom. The summed E-state index contributed by atoms with van der Waals surface area (Å²) in [4.78, 5) is 48.6. The molecular formula is C33H47N3O4S. The third kappa shape index (κ3) is 5.87. The van der Waals surface area contributed by atoms with Crippen LogP contribution in [0.1, 0.15) is 63.0 Å². The van der Waals surface area contributed by atoms with Crippen molar-refractivity contribution in [3.8, 4) is 0 Å². The number of fused-ring (bicyclic) bond motifs is 1. The summed E-state index contributed by atoms with van der Waals surface area (Å²) in [6, 6.07) is 5.47. The van der Waals surface area contributed by atoms with Crippen LogP contribution in [0.2, 0.25) is 0 Å². The van der Waals surface area contributed by atoms with Crippen LogP contribution in [0.15, 0.2) is 43.5 Å². The zero-order valence-electron chi connectivity index (χ0n) is 25.0. The second kappa shape index (κ2) is 13.6. The number of thioether (sulfide) groups is 1. The highest BCUT2D eigenvalue weighted by Crippen LogP contribution is 2.66. The Labute approximate surface area is 250 Å². The number of aryl methyl sites for hydroxylation is 2. The lowest BCUT2D eigenvalue weighted by Gasteiger charge is -2.38. The molecule has 2 bridgehead atoms. The molecule has 3 saturated heterocycles. The van der Waals surface area contributed by atoms with Gasteiger partial charge in [-0.25, -0.2) is 0 Å². The van der Waals surface area contributed by atoms with Gasteiger partial charge < -0.3 is 19.8 Å². The first kappa shape index (κ1) is 31.4. The second-order valence-electron chi connectivity index (χ2n) is 11.8. The van der Waals surface area contributed by atoms with E-state index >= 15 is 0 Å². The minimum absolute atomic E-state index is 0.0256. The molecule has 5 atom stereocenters. The number of anilines is 1. The lowest BCUT2D eigenvalue weighted by Crippen LogP contribution is -2.55. The minimum atomic E-state index is -0.635. The molecule has 8 heteroatoms. The third-order valence-corrected chi connectivity index (χ3v) is 11.0. The van der Waals surface area contributed by atoms with E-state index in [1.807, 2.05) is 41.8 Å². The van der Waals surface area contributed by atoms with E-state index in [0.29, 0.717) is 26.2 Å². The Morgan fingerprint density at radius 1 is 1.12 bits per heavy atom. The lowest BCUT2D eigenvalue weighted by molar-refractivity contribution is -0.143. The molecule has 224 valence electrons. The number of amides is 3. The molecule has 3 amide bonds. The van der Waals surface area contributed by atoms with E-state index in [1.165, 1.54) is 0 Å². The molecule has 0 aliphatic carbocycles. The van der Waals surface area contributed by atoms with Crippen molar-refractivity contribution < 1.29 is 19.5 Å². The van der Waals surface area contributed by atoms with Crippen LogP contribution in [0.3, 0.4) is 0 Å². The van der Waals surface area contributed by atoms with Crippen LogP contribution in [-0.4, -0.2) is 81.5 Å². The summed E-state index contributed by atoms with van der Waals surface area (Å²) in [5, 5.41) is 9.25. The van der Waals surface area contributed by atoms with E-state index in [4.69, 9.17) is 0 Å². The number of aliphatic hydroxyl groups excluding tert-OH is 1. The summed E-state index contributed by atoms with van der Waals surface area (Å²) in [5.41, 5.74) is 2.90. The number of rotatable bonds is 15. The number of nitrogens with zero attached hydrogens (tertiary/aromatic N) is 3. The van der Waals surface area contributed by atoms with Gasteiger partial charge in [0, 0.05) is 43.7 Å². The van der Waals surface area contributed by atoms with Crippen LogP contribution in [0.5, 0.6) is 0 Å². The van der Waals surface area contributed by atoms with Crippen LogP contribution in [0, 0.1) is 25.7 Å². The van der Waals surface area contributed by atoms with Crippen LogP contribution < -0.4 is 4.90 Å². The quantitative estimate of drug-likeness (QED) is 0.236. The highest BCUT2D eigenvalue weighted by atomic mass is 32.2. The van der Waals surface area contributed by atoms with Gasteiger partial charge in [0.2, 0.25) is 11.8 Å². The minimum Gasteiger partial charge on any atom is -0.396 e. The van der Waals surface area contributed by atoms with Gasteiger partial charge >= 0.3 is 0 Å². The molecule has 3 heterocycles. The van der Waals surface area contributed by atoms with Crippen molar-refractivity contribution in [1.29, 1.82) is 0 Å². The molecule has 2 unspecified atom stereocenters. The van der Waals surface area contributed by atoms with Gasteiger partial charge in [0.25, 0.3) is 5.91 Å². The summed E-state index contributed by atoms with van der Waals surface area (Å²) in [6.45, 7) is 15.9. The smallest absolute Gasteiger partial charge is 0.251 e. The van der Waals surface area contributed by atoms with Gasteiger partial charge in [-0.2, -0.15) is 0 Å². The monoisotopic (exact) mass is 581 g/mol. The Morgan fingerprint density at radius 3 is 2.54 bits per heavy atom. The van der Waals surface area contributed by atoms with Crippen molar-refractivity contribution in [2.45, 2.75) is 81.8 Å². The van der Waals surface area contributed by atoms with Gasteiger partial charge in [-0.1, -0.05) is 44.1 Å². The van der Waals surface area contributed by atoms with E-state index in [2.05, 4.69) is 20.1 Å². The van der Waals surface area contributed by atoms with E-state index < -0.39 is 22.6 Å². The first-order chi connectivity index (χ1) is 19.7. The SMILES string of the molecule is C=CCN(CCC)C(=O)[C@@H]1[C@@H]2CCC3(S2)C(C(=O)N(CC=C)c2cc(C)ccc2C)N(CCCCCCO)C(=O)[C@H]13. The largest absolute Gasteiger partial charge is 0.396 e. The summed E-state index contributed by atoms with van der Waals surface area (Å²) in [5.74, 6) is -1.03. The average Bonchev–Trinajstić information content (AvgIpc) is 3.59. The Bertz CT molecular complexity index is 1160. The summed E-state index contributed by atoms with van der Waals surface area (Å²) >= 11 is 1.73. The maximum absolute atomic E-state index is 14.8. The number of carbonyl (C=O) groups is 3. The number of unbranched alkanes of at least 4 members (excludes halogenated alkanes) is 3. The molecule has 1 spiro atoms. The topological polar surface area (TPSA) is 81.2 Å².